The molecule has 0 bridgehead atoms. The maximum atomic E-state index is 12.0. The van der Waals surface area contributed by atoms with E-state index in [0.717, 1.165) is 4.47 Å². The average molecular weight is 346 g/mol. The minimum atomic E-state index is -0.952. The van der Waals surface area contributed by atoms with Crippen LogP contribution in [0.4, 0.5) is 0 Å². The lowest BCUT2D eigenvalue weighted by atomic mass is 10.1. The molecule has 21 heavy (non-hydrogen) atoms. The molecule has 0 heterocycles. The topological polar surface area (TPSA) is 59.3 Å². The van der Waals surface area contributed by atoms with Crippen LogP contribution in [0.5, 0.6) is 5.75 Å². The number of methoxy groups -OCH3 is 1. The van der Waals surface area contributed by atoms with Crippen molar-refractivity contribution in [2.75, 3.05) is 7.11 Å². The molecule has 0 amide bonds. The number of carbonyl (C=O) groups is 1. The van der Waals surface area contributed by atoms with E-state index >= 15 is 0 Å². The van der Waals surface area contributed by atoms with Crippen LogP contribution in [0.2, 0.25) is 0 Å². The van der Waals surface area contributed by atoms with Crippen molar-refractivity contribution in [1.29, 1.82) is 5.26 Å². The first-order chi connectivity index (χ1) is 10.1. The van der Waals surface area contributed by atoms with E-state index in [4.69, 9.17) is 9.47 Å². The fraction of sp³-hybridized carbons (Fsp3) is 0.125. The Bertz CT molecular complexity index is 659. The second-order valence-electron chi connectivity index (χ2n) is 4.19. The highest BCUT2D eigenvalue weighted by Crippen LogP contribution is 2.22. The van der Waals surface area contributed by atoms with E-state index in [1.54, 1.807) is 55.6 Å². The smallest absolute Gasteiger partial charge is 0.339 e. The van der Waals surface area contributed by atoms with Gasteiger partial charge in [0.2, 0.25) is 6.10 Å². The van der Waals surface area contributed by atoms with Crippen LogP contribution in [0.25, 0.3) is 0 Å². The van der Waals surface area contributed by atoms with E-state index in [9.17, 15) is 10.1 Å². The van der Waals surface area contributed by atoms with Crippen molar-refractivity contribution in [1.82, 2.24) is 0 Å². The standard InChI is InChI=1S/C16H12BrNO3/c1-20-14-8-4-11(5-9-14)15(10-18)21-16(19)12-2-6-13(17)7-3-12/h2-9,15H,1H3. The molecule has 0 aliphatic rings. The Morgan fingerprint density at radius 3 is 2.29 bits per heavy atom. The van der Waals surface area contributed by atoms with Crippen molar-refractivity contribution in [2.45, 2.75) is 6.10 Å². The molecule has 0 spiro atoms. The monoisotopic (exact) mass is 345 g/mol. The molecule has 106 valence electrons. The number of hydrogen-bond acceptors (Lipinski definition) is 4. The molecule has 5 heteroatoms. The van der Waals surface area contributed by atoms with Gasteiger partial charge in [-0.2, -0.15) is 5.26 Å². The maximum absolute atomic E-state index is 12.0. The Morgan fingerprint density at radius 2 is 1.76 bits per heavy atom. The van der Waals surface area contributed by atoms with Crippen molar-refractivity contribution in [3.8, 4) is 11.8 Å². The molecule has 0 fully saturated rings. The lowest BCUT2D eigenvalue weighted by Gasteiger charge is -2.12. The van der Waals surface area contributed by atoms with Gasteiger partial charge in [-0.25, -0.2) is 4.79 Å². The van der Waals surface area contributed by atoms with Crippen molar-refractivity contribution in [3.05, 3.63) is 64.1 Å². The number of carbonyl (C=O) groups excluding carboxylic acids is 1. The minimum Gasteiger partial charge on any atom is -0.497 e. The first kappa shape index (κ1) is 15.1. The number of hydrogen-bond donors (Lipinski definition) is 0. The van der Waals surface area contributed by atoms with Gasteiger partial charge in [0.05, 0.1) is 12.7 Å². The number of nitriles is 1. The Labute approximate surface area is 131 Å². The molecule has 0 aliphatic carbocycles. The summed E-state index contributed by atoms with van der Waals surface area (Å²) in [4.78, 5) is 12.0. The maximum Gasteiger partial charge on any atom is 0.339 e. The third-order valence-corrected chi connectivity index (χ3v) is 3.37. The Hall–Kier alpha value is -2.32. The van der Waals surface area contributed by atoms with E-state index in [-0.39, 0.29) is 0 Å². The zero-order valence-corrected chi connectivity index (χ0v) is 12.8. The van der Waals surface area contributed by atoms with Crippen LogP contribution in [0.15, 0.2) is 53.0 Å². The Kier molecular flexibility index (Phi) is 4.96. The van der Waals surface area contributed by atoms with Gasteiger partial charge in [0.25, 0.3) is 0 Å². The summed E-state index contributed by atoms with van der Waals surface area (Å²) in [5.41, 5.74) is 0.996. The molecule has 0 N–H and O–H groups in total. The number of nitrogens with zero attached hydrogens (tertiary/aromatic N) is 1. The summed E-state index contributed by atoms with van der Waals surface area (Å²) in [5, 5.41) is 9.18. The molecule has 0 aromatic heterocycles. The fourth-order valence-corrected chi connectivity index (χ4v) is 1.97. The molecule has 1 atom stereocenters. The third-order valence-electron chi connectivity index (χ3n) is 2.84. The summed E-state index contributed by atoms with van der Waals surface area (Å²) < 4.78 is 11.1. The number of halogens is 1. The molecule has 0 radical (unpaired) electrons. The Morgan fingerprint density at radius 1 is 1.14 bits per heavy atom. The van der Waals surface area contributed by atoms with Gasteiger partial charge >= 0.3 is 5.97 Å². The third kappa shape index (κ3) is 3.83. The molecule has 0 aliphatic heterocycles. The summed E-state index contributed by atoms with van der Waals surface area (Å²) in [6.45, 7) is 0. The van der Waals surface area contributed by atoms with Gasteiger partial charge < -0.3 is 9.47 Å². The predicted octanol–water partition coefficient (Wildman–Crippen LogP) is 3.88. The predicted molar refractivity (Wildman–Crippen MR) is 80.9 cm³/mol. The lowest BCUT2D eigenvalue weighted by Crippen LogP contribution is -2.10. The molecule has 2 rings (SSSR count). The van der Waals surface area contributed by atoms with Crippen LogP contribution in [0, 0.1) is 11.3 Å². The summed E-state index contributed by atoms with van der Waals surface area (Å²) in [5.74, 6) is 0.138. The van der Waals surface area contributed by atoms with Crippen molar-refractivity contribution in [2.24, 2.45) is 0 Å². The highest BCUT2D eigenvalue weighted by Gasteiger charge is 2.17. The first-order valence-electron chi connectivity index (χ1n) is 6.14. The second-order valence-corrected chi connectivity index (χ2v) is 5.11. The highest BCUT2D eigenvalue weighted by atomic mass is 79.9. The lowest BCUT2D eigenvalue weighted by molar-refractivity contribution is 0.0404. The number of ether oxygens (including phenoxy) is 2. The van der Waals surface area contributed by atoms with Crippen LogP contribution < -0.4 is 4.74 Å². The number of benzene rings is 2. The largest absolute Gasteiger partial charge is 0.497 e. The number of esters is 1. The van der Waals surface area contributed by atoms with Crippen LogP contribution in [0.1, 0.15) is 22.0 Å². The van der Waals surface area contributed by atoms with E-state index in [2.05, 4.69) is 15.9 Å². The molecule has 0 saturated heterocycles. The van der Waals surface area contributed by atoms with Crippen LogP contribution in [0.3, 0.4) is 0 Å². The van der Waals surface area contributed by atoms with Crippen molar-refractivity contribution in [3.63, 3.8) is 0 Å². The summed E-state index contributed by atoms with van der Waals surface area (Å²) in [6, 6.07) is 15.5. The van der Waals surface area contributed by atoms with E-state index in [1.165, 1.54) is 0 Å². The number of rotatable bonds is 4. The van der Waals surface area contributed by atoms with Gasteiger partial charge in [-0.15, -0.1) is 0 Å². The SMILES string of the molecule is COc1ccc(C(C#N)OC(=O)c2ccc(Br)cc2)cc1. The molecule has 4 nitrogen and oxygen atoms in total. The van der Waals surface area contributed by atoms with E-state index in [1.807, 2.05) is 6.07 Å². The van der Waals surface area contributed by atoms with Gasteiger partial charge in [0, 0.05) is 10.0 Å². The summed E-state index contributed by atoms with van der Waals surface area (Å²) >= 11 is 3.29. The van der Waals surface area contributed by atoms with Gasteiger partial charge in [-0.3, -0.25) is 0 Å². The van der Waals surface area contributed by atoms with E-state index < -0.39 is 12.1 Å². The van der Waals surface area contributed by atoms with Gasteiger partial charge in [0.15, 0.2) is 0 Å². The summed E-state index contributed by atoms with van der Waals surface area (Å²) in [7, 11) is 1.56. The molecule has 2 aromatic carbocycles. The zero-order valence-electron chi connectivity index (χ0n) is 11.2. The zero-order chi connectivity index (χ0) is 15.2. The van der Waals surface area contributed by atoms with Crippen LogP contribution in [-0.4, -0.2) is 13.1 Å². The normalized spacial score (nSPS) is 11.3. The fourth-order valence-electron chi connectivity index (χ4n) is 1.71. The van der Waals surface area contributed by atoms with Gasteiger partial charge in [-0.1, -0.05) is 28.1 Å². The first-order valence-corrected chi connectivity index (χ1v) is 6.93. The van der Waals surface area contributed by atoms with Crippen molar-refractivity contribution >= 4 is 21.9 Å². The molecule has 2 aromatic rings. The summed E-state index contributed by atoms with van der Waals surface area (Å²) in [6.07, 6.45) is -0.952. The van der Waals surface area contributed by atoms with Crippen LogP contribution in [-0.2, 0) is 4.74 Å². The van der Waals surface area contributed by atoms with Crippen molar-refractivity contribution < 1.29 is 14.3 Å². The van der Waals surface area contributed by atoms with Crippen LogP contribution >= 0.6 is 15.9 Å². The molecular formula is C16H12BrNO3. The van der Waals surface area contributed by atoms with E-state index in [0.29, 0.717) is 16.9 Å². The molecular weight excluding hydrogens is 334 g/mol. The average Bonchev–Trinajstić information content (AvgIpc) is 2.53. The van der Waals surface area contributed by atoms with Gasteiger partial charge in [0.1, 0.15) is 11.8 Å². The highest BCUT2D eigenvalue weighted by molar-refractivity contribution is 9.10. The second kappa shape index (κ2) is 6.91. The molecule has 0 saturated carbocycles. The Balaban J connectivity index is 2.13. The quantitative estimate of drug-likeness (QED) is 0.789. The molecule has 1 unspecified atom stereocenters. The van der Waals surface area contributed by atoms with Gasteiger partial charge in [-0.05, 0) is 36.4 Å². The minimum absolute atomic E-state index is 0.395.